The average Bonchev–Trinajstić information content (AvgIpc) is 2.34. The molecule has 0 aliphatic heterocycles. The summed E-state index contributed by atoms with van der Waals surface area (Å²) in [5.41, 5.74) is -1.10. The number of benzene rings is 1. The summed E-state index contributed by atoms with van der Waals surface area (Å²) < 4.78 is 4.78. The summed E-state index contributed by atoms with van der Waals surface area (Å²) in [5.74, 6) is -0.0458. The van der Waals surface area contributed by atoms with Gasteiger partial charge in [0.15, 0.2) is 5.75 Å². The molecule has 0 fully saturated rings. The van der Waals surface area contributed by atoms with Crippen LogP contribution in [0.2, 0.25) is 0 Å². The molecular formula is C11H7NO5. The minimum absolute atomic E-state index is 0.0458. The maximum absolute atomic E-state index is 11.4. The summed E-state index contributed by atoms with van der Waals surface area (Å²) in [5, 5.41) is 10.6. The van der Waals surface area contributed by atoms with E-state index in [2.05, 4.69) is 0 Å². The molecule has 86 valence electrons. The predicted octanol–water partition coefficient (Wildman–Crippen LogP) is 0.866. The van der Waals surface area contributed by atoms with Crippen molar-refractivity contribution in [1.82, 2.24) is 0 Å². The second-order valence-electron chi connectivity index (χ2n) is 3.37. The first kappa shape index (κ1) is 11.0. The molecule has 0 spiro atoms. The monoisotopic (exact) mass is 233 g/mol. The molecule has 0 atom stereocenters. The third-order valence-electron chi connectivity index (χ3n) is 2.42. The summed E-state index contributed by atoms with van der Waals surface area (Å²) in [6.45, 7) is 0. The van der Waals surface area contributed by atoms with Crippen LogP contribution in [0.15, 0.2) is 33.9 Å². The summed E-state index contributed by atoms with van der Waals surface area (Å²) in [6, 6.07) is 5.51. The molecule has 6 heteroatoms. The van der Waals surface area contributed by atoms with E-state index in [0.717, 1.165) is 0 Å². The third-order valence-corrected chi connectivity index (χ3v) is 2.42. The van der Waals surface area contributed by atoms with Gasteiger partial charge in [-0.1, -0.05) is 12.1 Å². The lowest BCUT2D eigenvalue weighted by Gasteiger charge is -2.08. The fraction of sp³-hybridized carbons (Fsp3) is 0.0909. The Bertz CT molecular complexity index is 667. The molecule has 0 amide bonds. The molecule has 0 bridgehead atoms. The Morgan fingerprint density at radius 2 is 1.94 bits per heavy atom. The Morgan fingerprint density at radius 3 is 2.53 bits per heavy atom. The van der Waals surface area contributed by atoms with Crippen molar-refractivity contribution in [3.05, 3.63) is 54.8 Å². The first-order valence-electron chi connectivity index (χ1n) is 4.68. The van der Waals surface area contributed by atoms with Gasteiger partial charge in [0.25, 0.3) is 11.1 Å². The van der Waals surface area contributed by atoms with Gasteiger partial charge in [0, 0.05) is 12.1 Å². The van der Waals surface area contributed by atoms with Gasteiger partial charge in [0.1, 0.15) is 0 Å². The molecule has 2 aromatic rings. The zero-order valence-corrected chi connectivity index (χ0v) is 8.80. The average molecular weight is 233 g/mol. The van der Waals surface area contributed by atoms with E-state index in [4.69, 9.17) is 4.74 Å². The number of hydrogen-bond acceptors (Lipinski definition) is 5. The van der Waals surface area contributed by atoms with Crippen LogP contribution in [0.5, 0.6) is 5.75 Å². The Kier molecular flexibility index (Phi) is 2.47. The summed E-state index contributed by atoms with van der Waals surface area (Å²) in [4.78, 5) is 32.5. The lowest BCUT2D eigenvalue weighted by molar-refractivity contribution is -0.384. The van der Waals surface area contributed by atoms with Crippen LogP contribution in [0.25, 0.3) is 11.1 Å². The van der Waals surface area contributed by atoms with Crippen LogP contribution >= 0.6 is 0 Å². The van der Waals surface area contributed by atoms with Crippen molar-refractivity contribution < 1.29 is 9.66 Å². The van der Waals surface area contributed by atoms with Gasteiger partial charge in [-0.05, 0) is 5.56 Å². The number of hydrogen-bond donors (Lipinski definition) is 0. The normalized spacial score (nSPS) is 10.4. The first-order valence-corrected chi connectivity index (χ1v) is 4.68. The summed E-state index contributed by atoms with van der Waals surface area (Å²) in [7, 11) is 1.27. The van der Waals surface area contributed by atoms with E-state index in [1.165, 1.54) is 31.4 Å². The lowest BCUT2D eigenvalue weighted by Crippen LogP contribution is -2.33. The molecule has 0 radical (unpaired) electrons. The molecular weight excluding hydrogens is 226 g/mol. The quantitative estimate of drug-likeness (QED) is 0.446. The standard InChI is InChI=1S/C11H7NO5/c1-17-11-8(9(13)10(11)14)6-3-2-4-7(5-6)12(15)16/h2-5H,1H3. The van der Waals surface area contributed by atoms with Gasteiger partial charge in [-0.2, -0.15) is 0 Å². The van der Waals surface area contributed by atoms with Crippen LogP contribution in [0.4, 0.5) is 5.69 Å². The number of methoxy groups -OCH3 is 1. The van der Waals surface area contributed by atoms with Crippen molar-refractivity contribution in [3.63, 3.8) is 0 Å². The molecule has 0 aromatic heterocycles. The van der Waals surface area contributed by atoms with Crippen LogP contribution in [0.1, 0.15) is 0 Å². The zero-order valence-electron chi connectivity index (χ0n) is 8.80. The fourth-order valence-corrected chi connectivity index (χ4v) is 1.60. The molecule has 0 N–H and O–H groups in total. The molecule has 17 heavy (non-hydrogen) atoms. The molecule has 0 unspecified atom stereocenters. The molecule has 2 rings (SSSR count). The maximum atomic E-state index is 11.4. The fourth-order valence-electron chi connectivity index (χ4n) is 1.60. The van der Waals surface area contributed by atoms with E-state index in [1.54, 1.807) is 0 Å². The second kappa shape index (κ2) is 3.82. The highest BCUT2D eigenvalue weighted by atomic mass is 16.6. The first-order chi connectivity index (χ1) is 8.06. The van der Waals surface area contributed by atoms with Gasteiger partial charge in [-0.3, -0.25) is 19.7 Å². The lowest BCUT2D eigenvalue weighted by atomic mass is 9.99. The van der Waals surface area contributed by atoms with Crippen molar-refractivity contribution in [2.24, 2.45) is 0 Å². The molecule has 0 saturated carbocycles. The number of nitrogens with zero attached hydrogens (tertiary/aromatic N) is 1. The van der Waals surface area contributed by atoms with Crippen molar-refractivity contribution in [2.75, 3.05) is 7.11 Å². The van der Waals surface area contributed by atoms with Crippen molar-refractivity contribution in [1.29, 1.82) is 0 Å². The molecule has 0 saturated heterocycles. The SMILES string of the molecule is COc1c(-c2cccc([N+](=O)[O-])c2)c(=O)c1=O. The highest BCUT2D eigenvalue weighted by Crippen LogP contribution is 2.27. The minimum Gasteiger partial charge on any atom is -0.492 e. The smallest absolute Gasteiger partial charge is 0.270 e. The Hall–Kier alpha value is -2.50. The third kappa shape index (κ3) is 1.59. The van der Waals surface area contributed by atoms with E-state index in [1.807, 2.05) is 0 Å². The van der Waals surface area contributed by atoms with Crippen LogP contribution < -0.4 is 15.6 Å². The second-order valence-corrected chi connectivity index (χ2v) is 3.37. The van der Waals surface area contributed by atoms with Crippen molar-refractivity contribution >= 4 is 5.69 Å². The van der Waals surface area contributed by atoms with E-state index in [-0.39, 0.29) is 17.0 Å². The Labute approximate surface area is 94.9 Å². The Morgan fingerprint density at radius 1 is 1.24 bits per heavy atom. The highest BCUT2D eigenvalue weighted by Gasteiger charge is 2.24. The molecule has 0 aliphatic rings. The number of nitro groups is 1. The highest BCUT2D eigenvalue weighted by molar-refractivity contribution is 5.75. The van der Waals surface area contributed by atoms with E-state index >= 15 is 0 Å². The van der Waals surface area contributed by atoms with Crippen LogP contribution in [0, 0.1) is 10.1 Å². The van der Waals surface area contributed by atoms with E-state index in [9.17, 15) is 19.7 Å². The van der Waals surface area contributed by atoms with Gasteiger partial charge in [-0.25, -0.2) is 0 Å². The number of ether oxygens (including phenoxy) is 1. The maximum Gasteiger partial charge on any atom is 0.270 e. The molecule has 0 aliphatic carbocycles. The number of non-ortho nitro benzene ring substituents is 1. The van der Waals surface area contributed by atoms with E-state index in [0.29, 0.717) is 5.56 Å². The zero-order chi connectivity index (χ0) is 12.6. The Balaban J connectivity index is 2.58. The van der Waals surface area contributed by atoms with E-state index < -0.39 is 15.8 Å². The van der Waals surface area contributed by atoms with Gasteiger partial charge >= 0.3 is 0 Å². The molecule has 0 heterocycles. The summed E-state index contributed by atoms with van der Waals surface area (Å²) in [6.07, 6.45) is 0. The van der Waals surface area contributed by atoms with Gasteiger partial charge in [-0.15, -0.1) is 0 Å². The van der Waals surface area contributed by atoms with Gasteiger partial charge < -0.3 is 4.74 Å². The van der Waals surface area contributed by atoms with Crippen molar-refractivity contribution in [3.8, 4) is 16.9 Å². The minimum atomic E-state index is -0.700. The largest absolute Gasteiger partial charge is 0.492 e. The molecule has 6 nitrogen and oxygen atoms in total. The van der Waals surface area contributed by atoms with Gasteiger partial charge in [0.2, 0.25) is 5.43 Å². The topological polar surface area (TPSA) is 86.5 Å². The van der Waals surface area contributed by atoms with Gasteiger partial charge in [0.05, 0.1) is 17.6 Å². The van der Waals surface area contributed by atoms with Crippen LogP contribution in [-0.2, 0) is 0 Å². The summed E-state index contributed by atoms with van der Waals surface area (Å²) >= 11 is 0. The molecule has 2 aromatic carbocycles. The van der Waals surface area contributed by atoms with Crippen LogP contribution in [-0.4, -0.2) is 12.0 Å². The van der Waals surface area contributed by atoms with Crippen molar-refractivity contribution in [2.45, 2.75) is 0 Å². The predicted molar refractivity (Wildman–Crippen MR) is 60.0 cm³/mol. The van der Waals surface area contributed by atoms with Crippen LogP contribution in [0.3, 0.4) is 0 Å². The number of rotatable bonds is 3. The number of nitro benzene ring substituents is 1.